The second-order valence-electron chi connectivity index (χ2n) is 6.29. The summed E-state index contributed by atoms with van der Waals surface area (Å²) in [6.07, 6.45) is 2.20. The van der Waals surface area contributed by atoms with E-state index in [-0.39, 0.29) is 11.5 Å². The Balaban J connectivity index is 1.62. The van der Waals surface area contributed by atoms with Crippen molar-refractivity contribution in [1.29, 1.82) is 0 Å². The fourth-order valence-electron chi connectivity index (χ4n) is 2.91. The third-order valence-corrected chi connectivity index (χ3v) is 4.52. The number of amides is 2. The summed E-state index contributed by atoms with van der Waals surface area (Å²) >= 11 is 5.81. The zero-order chi connectivity index (χ0) is 20.3. The Labute approximate surface area is 164 Å². The number of carbonyl (C=O) groups is 2. The van der Waals surface area contributed by atoms with E-state index in [1.165, 1.54) is 13.2 Å². The maximum absolute atomic E-state index is 13.1. The van der Waals surface area contributed by atoms with Crippen molar-refractivity contribution in [2.75, 3.05) is 5.43 Å². The van der Waals surface area contributed by atoms with Crippen LogP contribution in [-0.2, 0) is 11.8 Å². The van der Waals surface area contributed by atoms with Gasteiger partial charge in [0.2, 0.25) is 5.91 Å². The van der Waals surface area contributed by atoms with Crippen LogP contribution in [0.5, 0.6) is 0 Å². The van der Waals surface area contributed by atoms with Gasteiger partial charge in [-0.25, -0.2) is 8.78 Å². The number of benzene rings is 1. The summed E-state index contributed by atoms with van der Waals surface area (Å²) in [6.45, 7) is 0. The molecule has 0 radical (unpaired) electrons. The molecule has 1 aromatic heterocycles. The van der Waals surface area contributed by atoms with Gasteiger partial charge in [0.05, 0.1) is 17.2 Å². The molecule has 2 amide bonds. The Bertz CT molecular complexity index is 898. The van der Waals surface area contributed by atoms with Crippen molar-refractivity contribution in [3.8, 4) is 0 Å². The highest BCUT2D eigenvalue weighted by atomic mass is 35.5. The normalized spacial score (nSPS) is 18.3. The summed E-state index contributed by atoms with van der Waals surface area (Å²) in [7, 11) is 1.46. The van der Waals surface area contributed by atoms with Crippen molar-refractivity contribution in [1.82, 2.24) is 20.5 Å². The lowest BCUT2D eigenvalue weighted by Gasteiger charge is -2.20. The smallest absolute Gasteiger partial charge is 0.282 e. The first-order valence-electron chi connectivity index (χ1n) is 8.46. The predicted molar refractivity (Wildman–Crippen MR) is 99.9 cm³/mol. The minimum absolute atomic E-state index is 0.206. The van der Waals surface area contributed by atoms with Crippen LogP contribution in [0.4, 0.5) is 14.5 Å². The molecule has 2 atom stereocenters. The minimum Gasteiger partial charge on any atom is -0.348 e. The largest absolute Gasteiger partial charge is 0.348 e. The Morgan fingerprint density at radius 3 is 2.68 bits per heavy atom. The lowest BCUT2D eigenvalue weighted by molar-refractivity contribution is -0.123. The molecule has 1 aliphatic carbocycles. The molecule has 2 unspecified atom stereocenters. The number of anilines is 1. The van der Waals surface area contributed by atoms with Crippen LogP contribution in [0.2, 0.25) is 5.02 Å². The maximum Gasteiger partial charge on any atom is 0.282 e. The summed E-state index contributed by atoms with van der Waals surface area (Å²) in [6, 6.07) is 6.18. The fourth-order valence-corrected chi connectivity index (χ4v) is 3.04. The van der Waals surface area contributed by atoms with Crippen molar-refractivity contribution in [3.63, 3.8) is 0 Å². The molecule has 0 bridgehead atoms. The van der Waals surface area contributed by atoms with Crippen LogP contribution in [0.1, 0.15) is 28.9 Å². The van der Waals surface area contributed by atoms with Crippen LogP contribution >= 0.6 is 11.6 Å². The first kappa shape index (κ1) is 19.8. The minimum atomic E-state index is -2.87. The van der Waals surface area contributed by atoms with Gasteiger partial charge in [-0.1, -0.05) is 23.8 Å². The number of hydrazine groups is 1. The Hall–Kier alpha value is -2.94. The number of hydrogen-bond donors (Lipinski definition) is 3. The molecule has 7 nitrogen and oxygen atoms in total. The molecule has 148 valence electrons. The van der Waals surface area contributed by atoms with E-state index in [4.69, 9.17) is 11.6 Å². The zero-order valence-electron chi connectivity index (χ0n) is 14.8. The maximum atomic E-state index is 13.1. The SMILES string of the molecule is Cn1cc(C(=O)NC2CC=CC2C(=O)NNc2ccc(Cl)cc2)c(C(F)F)n1. The molecule has 1 aromatic carbocycles. The van der Waals surface area contributed by atoms with Gasteiger partial charge in [-0.15, -0.1) is 0 Å². The van der Waals surface area contributed by atoms with Gasteiger partial charge in [-0.2, -0.15) is 5.10 Å². The van der Waals surface area contributed by atoms with Gasteiger partial charge in [-0.3, -0.25) is 25.1 Å². The molecule has 0 fully saturated rings. The molecule has 0 aliphatic heterocycles. The Morgan fingerprint density at radius 1 is 1.29 bits per heavy atom. The highest BCUT2D eigenvalue weighted by molar-refractivity contribution is 6.30. The van der Waals surface area contributed by atoms with Gasteiger partial charge in [0.15, 0.2) is 0 Å². The van der Waals surface area contributed by atoms with Crippen LogP contribution < -0.4 is 16.2 Å². The molecule has 28 heavy (non-hydrogen) atoms. The van der Waals surface area contributed by atoms with E-state index in [2.05, 4.69) is 21.3 Å². The molecule has 0 saturated heterocycles. The third kappa shape index (κ3) is 4.48. The molecular weight excluding hydrogens is 392 g/mol. The number of nitrogens with zero attached hydrogens (tertiary/aromatic N) is 2. The summed E-state index contributed by atoms with van der Waals surface area (Å²) in [5.41, 5.74) is 5.17. The number of carbonyl (C=O) groups excluding carboxylic acids is 2. The van der Waals surface area contributed by atoms with Crippen molar-refractivity contribution in [3.05, 3.63) is 58.9 Å². The van der Waals surface area contributed by atoms with Crippen LogP contribution in [0, 0.1) is 5.92 Å². The number of aryl methyl sites for hydroxylation is 1. The van der Waals surface area contributed by atoms with Crippen molar-refractivity contribution >= 4 is 29.1 Å². The first-order chi connectivity index (χ1) is 13.3. The van der Waals surface area contributed by atoms with Crippen LogP contribution in [-0.4, -0.2) is 27.6 Å². The van der Waals surface area contributed by atoms with E-state index in [9.17, 15) is 18.4 Å². The lowest BCUT2D eigenvalue weighted by atomic mass is 10.0. The van der Waals surface area contributed by atoms with E-state index < -0.39 is 30.0 Å². The molecule has 3 rings (SSSR count). The van der Waals surface area contributed by atoms with E-state index >= 15 is 0 Å². The Morgan fingerprint density at radius 2 is 2.00 bits per heavy atom. The quantitative estimate of drug-likeness (QED) is 0.505. The van der Waals surface area contributed by atoms with E-state index in [1.54, 1.807) is 36.4 Å². The third-order valence-electron chi connectivity index (χ3n) is 4.27. The molecule has 0 saturated carbocycles. The summed E-state index contributed by atoms with van der Waals surface area (Å²) in [5, 5.41) is 6.83. The standard InChI is InChI=1S/C18H18ClF2N5O2/c1-26-9-13(15(25-26)16(20)21)17(27)22-14-4-2-3-12(14)18(28)24-23-11-7-5-10(19)6-8-11/h2-3,5-9,12,14,16,23H,4H2,1H3,(H,22,27)(H,24,28). The molecule has 2 aromatic rings. The first-order valence-corrected chi connectivity index (χ1v) is 8.83. The molecule has 0 spiro atoms. The van der Waals surface area contributed by atoms with Gasteiger partial charge in [0.1, 0.15) is 5.69 Å². The number of hydrogen-bond acceptors (Lipinski definition) is 4. The number of alkyl halides is 2. The van der Waals surface area contributed by atoms with E-state index in [1.807, 2.05) is 0 Å². The predicted octanol–water partition coefficient (Wildman–Crippen LogP) is 2.83. The second kappa shape index (κ2) is 8.39. The van der Waals surface area contributed by atoms with Crippen molar-refractivity contribution in [2.45, 2.75) is 18.9 Å². The van der Waals surface area contributed by atoms with Crippen molar-refractivity contribution in [2.24, 2.45) is 13.0 Å². The van der Waals surface area contributed by atoms with Gasteiger partial charge in [0, 0.05) is 24.3 Å². The summed E-state index contributed by atoms with van der Waals surface area (Å²) in [4.78, 5) is 24.9. The zero-order valence-corrected chi connectivity index (χ0v) is 15.6. The summed E-state index contributed by atoms with van der Waals surface area (Å²) < 4.78 is 27.3. The molecule has 10 heteroatoms. The fraction of sp³-hybridized carbons (Fsp3) is 0.278. The number of rotatable bonds is 6. The van der Waals surface area contributed by atoms with Gasteiger partial charge < -0.3 is 5.32 Å². The molecule has 3 N–H and O–H groups in total. The Kier molecular flexibility index (Phi) is 5.93. The van der Waals surface area contributed by atoms with Crippen LogP contribution in [0.25, 0.3) is 0 Å². The molecule has 1 aliphatic rings. The topological polar surface area (TPSA) is 88.0 Å². The average Bonchev–Trinajstić information content (AvgIpc) is 3.27. The molecule has 1 heterocycles. The number of aromatic nitrogens is 2. The summed E-state index contributed by atoms with van der Waals surface area (Å²) in [5.74, 6) is -1.70. The molecular formula is C18H18ClF2N5O2. The second-order valence-corrected chi connectivity index (χ2v) is 6.73. The lowest BCUT2D eigenvalue weighted by Crippen LogP contribution is -2.45. The number of halogens is 3. The highest BCUT2D eigenvalue weighted by Crippen LogP contribution is 2.23. The van der Waals surface area contributed by atoms with Gasteiger partial charge in [0.25, 0.3) is 12.3 Å². The van der Waals surface area contributed by atoms with E-state index in [0.29, 0.717) is 17.1 Å². The monoisotopic (exact) mass is 409 g/mol. The van der Waals surface area contributed by atoms with Gasteiger partial charge >= 0.3 is 0 Å². The average molecular weight is 410 g/mol. The van der Waals surface area contributed by atoms with Crippen LogP contribution in [0.15, 0.2) is 42.6 Å². The highest BCUT2D eigenvalue weighted by Gasteiger charge is 2.32. The van der Waals surface area contributed by atoms with Crippen molar-refractivity contribution < 1.29 is 18.4 Å². The van der Waals surface area contributed by atoms with E-state index in [0.717, 1.165) is 4.68 Å². The van der Waals surface area contributed by atoms with Gasteiger partial charge in [-0.05, 0) is 30.7 Å². The number of nitrogens with one attached hydrogen (secondary N) is 3. The van der Waals surface area contributed by atoms with Crippen LogP contribution in [0.3, 0.4) is 0 Å².